The Hall–Kier alpha value is -2.17. The number of carbonyl (C=O) groups is 1. The zero-order valence-corrected chi connectivity index (χ0v) is 15.1. The van der Waals surface area contributed by atoms with Crippen molar-refractivity contribution in [3.05, 3.63) is 63.8 Å². The summed E-state index contributed by atoms with van der Waals surface area (Å²) in [6.07, 6.45) is 2.16. The highest BCUT2D eigenvalue weighted by Gasteiger charge is 2.34. The van der Waals surface area contributed by atoms with Crippen molar-refractivity contribution >= 4 is 33.7 Å². The van der Waals surface area contributed by atoms with Crippen LogP contribution in [-0.4, -0.2) is 24.0 Å². The molecule has 0 radical (unpaired) electrons. The largest absolute Gasteiger partial charge is 0.294 e. The fraction of sp³-hybridized carbons (Fsp3) is 0.286. The number of hydrogen-bond acceptors (Lipinski definition) is 3. The van der Waals surface area contributed by atoms with E-state index >= 15 is 0 Å². The molecule has 0 aliphatic carbocycles. The number of amides is 1. The highest BCUT2D eigenvalue weighted by atomic mass is 32.1. The molecule has 3 aromatic rings. The van der Waals surface area contributed by atoms with Crippen molar-refractivity contribution in [2.45, 2.75) is 25.8 Å². The molecule has 2 aliphatic rings. The Morgan fingerprint density at radius 3 is 2.84 bits per heavy atom. The molecule has 1 atom stereocenters. The summed E-state index contributed by atoms with van der Waals surface area (Å²) in [7, 11) is 0. The van der Waals surface area contributed by atoms with Gasteiger partial charge < -0.3 is 0 Å². The lowest BCUT2D eigenvalue weighted by Gasteiger charge is -2.38. The first kappa shape index (κ1) is 15.1. The molecule has 25 heavy (non-hydrogen) atoms. The number of fused-ring (bicyclic) bond motifs is 1. The van der Waals surface area contributed by atoms with E-state index in [9.17, 15) is 4.79 Å². The van der Waals surface area contributed by atoms with Crippen LogP contribution < -0.4 is 4.90 Å². The van der Waals surface area contributed by atoms with Gasteiger partial charge in [-0.1, -0.05) is 31.2 Å². The van der Waals surface area contributed by atoms with Gasteiger partial charge in [0.2, 0.25) is 0 Å². The van der Waals surface area contributed by atoms with E-state index in [1.54, 1.807) is 0 Å². The Labute approximate surface area is 151 Å². The molecular formula is C21H20N2OS. The van der Waals surface area contributed by atoms with Crippen LogP contribution in [0.5, 0.6) is 0 Å². The number of thiophene rings is 1. The summed E-state index contributed by atoms with van der Waals surface area (Å²) >= 11 is 1.87. The monoisotopic (exact) mass is 348 g/mol. The van der Waals surface area contributed by atoms with Crippen molar-refractivity contribution in [3.8, 4) is 0 Å². The topological polar surface area (TPSA) is 23.6 Å². The Balaban J connectivity index is 1.52. The second-order valence-electron chi connectivity index (χ2n) is 6.84. The van der Waals surface area contributed by atoms with Crippen molar-refractivity contribution in [2.75, 3.05) is 18.1 Å². The van der Waals surface area contributed by atoms with Gasteiger partial charge in [0.05, 0.1) is 12.4 Å². The van der Waals surface area contributed by atoms with Crippen LogP contribution in [0.3, 0.4) is 0 Å². The molecular weight excluding hydrogens is 328 g/mol. The van der Waals surface area contributed by atoms with Gasteiger partial charge in [-0.2, -0.15) is 0 Å². The fourth-order valence-electron chi connectivity index (χ4n) is 4.40. The summed E-state index contributed by atoms with van der Waals surface area (Å²) in [5.41, 5.74) is 3.36. The van der Waals surface area contributed by atoms with Gasteiger partial charge in [0, 0.05) is 28.4 Å². The van der Waals surface area contributed by atoms with E-state index in [0.717, 1.165) is 41.4 Å². The zero-order chi connectivity index (χ0) is 17.0. The van der Waals surface area contributed by atoms with E-state index in [1.807, 2.05) is 28.4 Å². The van der Waals surface area contributed by atoms with E-state index in [0.29, 0.717) is 12.7 Å². The van der Waals surface area contributed by atoms with Crippen LogP contribution in [0.25, 0.3) is 10.8 Å². The quantitative estimate of drug-likeness (QED) is 0.677. The number of benzene rings is 2. The molecule has 0 saturated heterocycles. The molecule has 126 valence electrons. The normalized spacial score (nSPS) is 19.6. The number of carbonyl (C=O) groups excluding carboxylic acids is 1. The number of rotatable bonds is 3. The van der Waals surface area contributed by atoms with Crippen molar-refractivity contribution in [3.63, 3.8) is 0 Å². The summed E-state index contributed by atoms with van der Waals surface area (Å²) < 4.78 is 0. The predicted octanol–water partition coefficient (Wildman–Crippen LogP) is 4.83. The molecule has 0 fully saturated rings. The molecule has 2 aliphatic heterocycles. The molecule has 3 heterocycles. The van der Waals surface area contributed by atoms with Crippen molar-refractivity contribution in [2.24, 2.45) is 0 Å². The molecule has 0 bridgehead atoms. The van der Waals surface area contributed by atoms with Crippen LogP contribution in [0.15, 0.2) is 47.8 Å². The Morgan fingerprint density at radius 1 is 1.16 bits per heavy atom. The Kier molecular flexibility index (Phi) is 3.43. The van der Waals surface area contributed by atoms with Crippen molar-refractivity contribution < 1.29 is 4.79 Å². The maximum absolute atomic E-state index is 13.0. The second kappa shape index (κ2) is 5.68. The number of nitrogens with zero attached hydrogens (tertiary/aromatic N) is 2. The fourth-order valence-corrected chi connectivity index (χ4v) is 5.33. The molecule has 0 N–H and O–H groups in total. The van der Waals surface area contributed by atoms with Gasteiger partial charge >= 0.3 is 0 Å². The van der Waals surface area contributed by atoms with Gasteiger partial charge in [0.15, 0.2) is 0 Å². The molecule has 4 heteroatoms. The van der Waals surface area contributed by atoms with Crippen LogP contribution in [-0.2, 0) is 6.42 Å². The molecule has 1 aromatic heterocycles. The second-order valence-corrected chi connectivity index (χ2v) is 7.84. The van der Waals surface area contributed by atoms with Crippen molar-refractivity contribution in [1.82, 2.24) is 4.90 Å². The summed E-state index contributed by atoms with van der Waals surface area (Å²) in [6, 6.07) is 14.9. The smallest absolute Gasteiger partial charge is 0.260 e. The van der Waals surface area contributed by atoms with Gasteiger partial charge in [-0.05, 0) is 47.4 Å². The number of anilines is 1. The Bertz CT molecular complexity index is 972. The maximum atomic E-state index is 13.0. The zero-order valence-electron chi connectivity index (χ0n) is 14.2. The summed E-state index contributed by atoms with van der Waals surface area (Å²) in [6.45, 7) is 3.92. The average molecular weight is 348 g/mol. The van der Waals surface area contributed by atoms with E-state index in [-0.39, 0.29) is 5.91 Å². The third-order valence-electron chi connectivity index (χ3n) is 5.56. The third-order valence-corrected chi connectivity index (χ3v) is 6.56. The van der Waals surface area contributed by atoms with E-state index in [2.05, 4.69) is 47.5 Å². The lowest BCUT2D eigenvalue weighted by atomic mass is 9.98. The minimum Gasteiger partial charge on any atom is -0.294 e. The molecule has 2 aromatic carbocycles. The van der Waals surface area contributed by atoms with Crippen LogP contribution in [0.2, 0.25) is 0 Å². The van der Waals surface area contributed by atoms with Crippen LogP contribution >= 0.6 is 11.3 Å². The molecule has 5 rings (SSSR count). The first-order valence-electron chi connectivity index (χ1n) is 8.92. The molecule has 1 amide bonds. The van der Waals surface area contributed by atoms with E-state index in [1.165, 1.54) is 10.4 Å². The highest BCUT2D eigenvalue weighted by Crippen LogP contribution is 2.40. The summed E-state index contributed by atoms with van der Waals surface area (Å²) in [5.74, 6) is 0.137. The van der Waals surface area contributed by atoms with Crippen LogP contribution in [0.4, 0.5) is 5.69 Å². The van der Waals surface area contributed by atoms with Crippen LogP contribution in [0, 0.1) is 0 Å². The van der Waals surface area contributed by atoms with E-state index in [4.69, 9.17) is 0 Å². The van der Waals surface area contributed by atoms with Crippen LogP contribution in [0.1, 0.15) is 40.2 Å². The summed E-state index contributed by atoms with van der Waals surface area (Å²) in [5, 5.41) is 4.46. The number of hydrogen-bond donors (Lipinski definition) is 0. The van der Waals surface area contributed by atoms with Gasteiger partial charge in [0.25, 0.3) is 5.91 Å². The third kappa shape index (κ3) is 2.17. The predicted molar refractivity (Wildman–Crippen MR) is 103 cm³/mol. The molecule has 0 saturated carbocycles. The molecule has 3 nitrogen and oxygen atoms in total. The molecule has 0 unspecified atom stereocenters. The SMILES string of the molecule is CC[C@@H]1c2ccsc2CCN1CN1C(=O)c2cccc3cccc1c23. The maximum Gasteiger partial charge on any atom is 0.260 e. The van der Waals surface area contributed by atoms with Crippen molar-refractivity contribution in [1.29, 1.82) is 0 Å². The summed E-state index contributed by atoms with van der Waals surface area (Å²) in [4.78, 5) is 19.0. The van der Waals surface area contributed by atoms with Gasteiger partial charge in [-0.25, -0.2) is 0 Å². The minimum absolute atomic E-state index is 0.137. The van der Waals surface area contributed by atoms with E-state index < -0.39 is 0 Å². The average Bonchev–Trinajstić information content (AvgIpc) is 3.22. The van der Waals surface area contributed by atoms with Gasteiger partial charge in [-0.3, -0.25) is 14.6 Å². The molecule has 0 spiro atoms. The standard InChI is InChI=1S/C21H20N2OS/c1-2-17-15-10-12-25-19(15)9-11-22(17)13-23-18-8-4-6-14-5-3-7-16(20(14)18)21(23)24/h3-8,10,12,17H,2,9,11,13H2,1H3/t17-/m1/s1. The van der Waals surface area contributed by atoms with Gasteiger partial charge in [0.1, 0.15) is 0 Å². The minimum atomic E-state index is 0.137. The highest BCUT2D eigenvalue weighted by molar-refractivity contribution is 7.10. The lowest BCUT2D eigenvalue weighted by Crippen LogP contribution is -2.44. The Morgan fingerprint density at radius 2 is 2.00 bits per heavy atom. The lowest BCUT2D eigenvalue weighted by molar-refractivity contribution is 0.0955. The first-order chi connectivity index (χ1) is 12.3. The first-order valence-corrected chi connectivity index (χ1v) is 9.80. The van der Waals surface area contributed by atoms with Gasteiger partial charge in [-0.15, -0.1) is 11.3 Å².